The topological polar surface area (TPSA) is 96.5 Å². The Labute approximate surface area is 191 Å². The van der Waals surface area contributed by atoms with Crippen LogP contribution >= 0.6 is 0 Å². The van der Waals surface area contributed by atoms with Crippen LogP contribution in [0.1, 0.15) is 40.7 Å². The molecule has 1 fully saturated rings. The first kappa shape index (κ1) is 21.1. The van der Waals surface area contributed by atoms with Gasteiger partial charge >= 0.3 is 6.09 Å². The number of methoxy groups -OCH3 is 2. The van der Waals surface area contributed by atoms with E-state index in [0.29, 0.717) is 12.1 Å². The second kappa shape index (κ2) is 8.27. The van der Waals surface area contributed by atoms with Crippen molar-refractivity contribution in [3.8, 4) is 16.9 Å². The van der Waals surface area contributed by atoms with Gasteiger partial charge in [-0.1, -0.05) is 24.3 Å². The quantitative estimate of drug-likeness (QED) is 0.621. The Morgan fingerprint density at radius 1 is 1.24 bits per heavy atom. The molecule has 2 atom stereocenters. The van der Waals surface area contributed by atoms with Gasteiger partial charge in [-0.2, -0.15) is 5.10 Å². The lowest BCUT2D eigenvalue weighted by Gasteiger charge is -2.41. The summed E-state index contributed by atoms with van der Waals surface area (Å²) in [6.07, 6.45) is 5.47. The van der Waals surface area contributed by atoms with Crippen molar-refractivity contribution in [1.82, 2.24) is 20.4 Å². The zero-order valence-electron chi connectivity index (χ0n) is 18.6. The van der Waals surface area contributed by atoms with E-state index in [0.717, 1.165) is 47.3 Å². The first-order valence-corrected chi connectivity index (χ1v) is 11.0. The average molecular weight is 447 g/mol. The van der Waals surface area contributed by atoms with Gasteiger partial charge in [0.2, 0.25) is 0 Å². The number of aromatic nitrogens is 2. The van der Waals surface area contributed by atoms with Crippen molar-refractivity contribution in [3.63, 3.8) is 0 Å². The maximum Gasteiger partial charge on any atom is 0.407 e. The number of aromatic amines is 1. The monoisotopic (exact) mass is 446 g/mol. The van der Waals surface area contributed by atoms with Gasteiger partial charge in [0.15, 0.2) is 0 Å². The molecule has 0 saturated heterocycles. The number of amides is 2. The van der Waals surface area contributed by atoms with E-state index in [9.17, 15) is 9.59 Å². The summed E-state index contributed by atoms with van der Waals surface area (Å²) in [5, 5.41) is 9.86. The van der Waals surface area contributed by atoms with Crippen LogP contribution in [-0.2, 0) is 16.8 Å². The van der Waals surface area contributed by atoms with Crippen molar-refractivity contribution in [2.24, 2.45) is 0 Å². The van der Waals surface area contributed by atoms with E-state index in [1.165, 1.54) is 7.11 Å². The van der Waals surface area contributed by atoms with Crippen LogP contribution in [0.2, 0.25) is 0 Å². The number of alkyl carbamates (subject to hydrolysis) is 1. The van der Waals surface area contributed by atoms with Gasteiger partial charge < -0.3 is 19.7 Å². The predicted molar refractivity (Wildman–Crippen MR) is 122 cm³/mol. The van der Waals surface area contributed by atoms with Gasteiger partial charge in [-0.15, -0.1) is 0 Å². The highest BCUT2D eigenvalue weighted by atomic mass is 16.5. The predicted octanol–water partition coefficient (Wildman–Crippen LogP) is 3.85. The Kier molecular flexibility index (Phi) is 5.28. The first-order valence-electron chi connectivity index (χ1n) is 11.0. The third-order valence-corrected chi connectivity index (χ3v) is 6.85. The fraction of sp³-hybridized carbons (Fsp3) is 0.320. The zero-order chi connectivity index (χ0) is 23.0. The van der Waals surface area contributed by atoms with E-state index in [2.05, 4.69) is 15.5 Å². The van der Waals surface area contributed by atoms with Crippen LogP contribution in [-0.4, -0.2) is 47.4 Å². The molecule has 0 radical (unpaired) electrons. The van der Waals surface area contributed by atoms with Crippen molar-refractivity contribution in [2.75, 3.05) is 14.2 Å². The minimum Gasteiger partial charge on any atom is -0.497 e. The number of H-pyrrole nitrogens is 1. The van der Waals surface area contributed by atoms with Crippen LogP contribution in [0.5, 0.6) is 5.75 Å². The minimum atomic E-state index is -0.640. The highest BCUT2D eigenvalue weighted by molar-refractivity contribution is 6.01. The molecule has 5 rings (SSSR count). The molecule has 1 saturated carbocycles. The van der Waals surface area contributed by atoms with Crippen LogP contribution in [0.25, 0.3) is 11.1 Å². The molecule has 1 aromatic heterocycles. The highest BCUT2D eigenvalue weighted by Crippen LogP contribution is 2.51. The number of hydrogen-bond acceptors (Lipinski definition) is 5. The first-order chi connectivity index (χ1) is 16.1. The summed E-state index contributed by atoms with van der Waals surface area (Å²) >= 11 is 0. The van der Waals surface area contributed by atoms with Crippen LogP contribution in [0, 0.1) is 0 Å². The summed E-state index contributed by atoms with van der Waals surface area (Å²) in [4.78, 5) is 28.0. The van der Waals surface area contributed by atoms with Crippen LogP contribution in [0.3, 0.4) is 0 Å². The van der Waals surface area contributed by atoms with E-state index >= 15 is 0 Å². The Morgan fingerprint density at radius 3 is 2.88 bits per heavy atom. The molecule has 3 aromatic rings. The number of hydrogen-bond donors (Lipinski definition) is 2. The Hall–Kier alpha value is -3.81. The van der Waals surface area contributed by atoms with Crippen LogP contribution < -0.4 is 10.1 Å². The number of benzene rings is 2. The molecule has 1 aliphatic heterocycles. The van der Waals surface area contributed by atoms with Gasteiger partial charge in [0.05, 0.1) is 32.0 Å². The van der Waals surface area contributed by atoms with Crippen molar-refractivity contribution in [2.45, 2.75) is 37.4 Å². The molecule has 2 aliphatic rings. The third-order valence-electron chi connectivity index (χ3n) is 6.85. The third kappa shape index (κ3) is 3.42. The molecule has 2 amide bonds. The minimum absolute atomic E-state index is 0.0447. The normalized spacial score (nSPS) is 21.3. The molecule has 8 nitrogen and oxygen atoms in total. The Balaban J connectivity index is 1.61. The SMILES string of the molecule is COC(=O)NC1CCCC12c1ccc(-c3cn[nH]c3)cc1C(=O)N2Cc1cccc(OC)c1. The van der Waals surface area contributed by atoms with Crippen molar-refractivity contribution in [1.29, 1.82) is 0 Å². The summed E-state index contributed by atoms with van der Waals surface area (Å²) in [5.74, 6) is 0.695. The molecule has 2 unspecified atom stereocenters. The van der Waals surface area contributed by atoms with Gasteiger partial charge in [0.1, 0.15) is 5.75 Å². The van der Waals surface area contributed by atoms with Gasteiger partial charge in [-0.25, -0.2) is 4.79 Å². The number of ether oxygens (including phenoxy) is 2. The largest absolute Gasteiger partial charge is 0.497 e. The molecule has 8 heteroatoms. The van der Waals surface area contributed by atoms with Crippen molar-refractivity contribution < 1.29 is 19.1 Å². The molecule has 2 N–H and O–H groups in total. The number of carbonyl (C=O) groups excluding carboxylic acids is 2. The molecule has 1 spiro atoms. The summed E-state index contributed by atoms with van der Waals surface area (Å²) in [6.45, 7) is 0.408. The second-order valence-corrected chi connectivity index (χ2v) is 8.50. The van der Waals surface area contributed by atoms with E-state index in [1.807, 2.05) is 53.6 Å². The molecular formula is C25H26N4O4. The maximum absolute atomic E-state index is 13.9. The Bertz CT molecular complexity index is 1190. The zero-order valence-corrected chi connectivity index (χ0v) is 18.6. The van der Waals surface area contributed by atoms with Gasteiger partial charge in [-0.3, -0.25) is 9.89 Å². The van der Waals surface area contributed by atoms with E-state index < -0.39 is 11.6 Å². The number of carbonyl (C=O) groups is 2. The lowest BCUT2D eigenvalue weighted by Crippen LogP contribution is -2.55. The lowest BCUT2D eigenvalue weighted by molar-refractivity contribution is 0.0442. The van der Waals surface area contributed by atoms with E-state index in [1.54, 1.807) is 13.3 Å². The van der Waals surface area contributed by atoms with Crippen LogP contribution in [0.4, 0.5) is 4.79 Å². The number of fused-ring (bicyclic) bond motifs is 2. The molecule has 1 aliphatic carbocycles. The molecule has 2 aromatic carbocycles. The molecule has 2 heterocycles. The number of nitrogens with one attached hydrogen (secondary N) is 2. The molecular weight excluding hydrogens is 420 g/mol. The summed E-state index contributed by atoms with van der Waals surface area (Å²) in [6, 6.07) is 13.5. The smallest absolute Gasteiger partial charge is 0.407 e. The van der Waals surface area contributed by atoms with Crippen molar-refractivity contribution in [3.05, 3.63) is 71.5 Å². The molecule has 0 bridgehead atoms. The van der Waals surface area contributed by atoms with Crippen LogP contribution in [0.15, 0.2) is 54.9 Å². The maximum atomic E-state index is 13.9. The second-order valence-electron chi connectivity index (χ2n) is 8.50. The average Bonchev–Trinajstić information content (AvgIpc) is 3.57. The van der Waals surface area contributed by atoms with E-state index in [-0.39, 0.29) is 11.9 Å². The molecule has 33 heavy (non-hydrogen) atoms. The summed E-state index contributed by atoms with van der Waals surface area (Å²) < 4.78 is 10.3. The fourth-order valence-electron chi connectivity index (χ4n) is 5.35. The standard InChI is InChI=1S/C25H26N4O4/c1-32-19-6-3-5-16(11-19)15-29-23(30)20-12-17(18-13-26-27-14-18)8-9-21(20)25(29)10-4-7-22(25)28-24(31)33-2/h3,5-6,8-9,11-14,22H,4,7,10,15H2,1-2H3,(H,26,27)(H,28,31). The fourth-order valence-corrected chi connectivity index (χ4v) is 5.35. The lowest BCUT2D eigenvalue weighted by atomic mass is 9.83. The van der Waals surface area contributed by atoms with Gasteiger partial charge in [0.25, 0.3) is 5.91 Å². The van der Waals surface area contributed by atoms with Gasteiger partial charge in [-0.05, 0) is 54.2 Å². The molecule has 170 valence electrons. The summed E-state index contributed by atoms with van der Waals surface area (Å²) in [7, 11) is 2.98. The van der Waals surface area contributed by atoms with Crippen molar-refractivity contribution >= 4 is 12.0 Å². The van der Waals surface area contributed by atoms with Gasteiger partial charge in [0, 0.05) is 23.9 Å². The number of rotatable bonds is 5. The number of nitrogens with zero attached hydrogens (tertiary/aromatic N) is 2. The van der Waals surface area contributed by atoms with E-state index in [4.69, 9.17) is 9.47 Å². The summed E-state index contributed by atoms with van der Waals surface area (Å²) in [5.41, 5.74) is 3.77. The highest BCUT2D eigenvalue weighted by Gasteiger charge is 2.57. The Morgan fingerprint density at radius 2 is 2.12 bits per heavy atom.